The lowest BCUT2D eigenvalue weighted by Crippen LogP contribution is -2.58. The van der Waals surface area contributed by atoms with E-state index in [2.05, 4.69) is 12.0 Å². The number of amides is 1. The molecule has 18 heavy (non-hydrogen) atoms. The molecule has 0 aromatic heterocycles. The standard InChI is InChI=1S/C12H21N3O3/c1-4-6-12(11(17)18-3)7-5-8-15(12)10(16)9(2)14-13/h4,9,14H,1,5-8,13H2,2-3H3. The minimum absolute atomic E-state index is 0.192. The van der Waals surface area contributed by atoms with Crippen LogP contribution in [0.3, 0.4) is 0 Å². The van der Waals surface area contributed by atoms with Crippen molar-refractivity contribution in [2.24, 2.45) is 5.84 Å². The Bertz CT molecular complexity index is 345. The lowest BCUT2D eigenvalue weighted by Gasteiger charge is -2.36. The fourth-order valence-electron chi connectivity index (χ4n) is 2.44. The number of esters is 1. The Balaban J connectivity index is 3.04. The van der Waals surface area contributed by atoms with Gasteiger partial charge in [0, 0.05) is 6.54 Å². The molecule has 0 aromatic rings. The third kappa shape index (κ3) is 2.39. The number of ether oxygens (including phenoxy) is 1. The largest absolute Gasteiger partial charge is 0.467 e. The molecule has 3 N–H and O–H groups in total. The van der Waals surface area contributed by atoms with E-state index in [1.807, 2.05) is 0 Å². The Morgan fingerprint density at radius 3 is 2.83 bits per heavy atom. The first-order valence-corrected chi connectivity index (χ1v) is 6.00. The molecule has 1 saturated heterocycles. The van der Waals surface area contributed by atoms with Crippen molar-refractivity contribution in [3.63, 3.8) is 0 Å². The van der Waals surface area contributed by atoms with E-state index in [4.69, 9.17) is 10.6 Å². The van der Waals surface area contributed by atoms with Gasteiger partial charge in [-0.3, -0.25) is 10.6 Å². The predicted octanol–water partition coefficient (Wildman–Crippen LogP) is -0.0515. The zero-order valence-corrected chi connectivity index (χ0v) is 10.9. The van der Waals surface area contributed by atoms with Crippen molar-refractivity contribution in [1.29, 1.82) is 0 Å². The normalized spacial score (nSPS) is 24.7. The molecular formula is C12H21N3O3. The minimum Gasteiger partial charge on any atom is -0.467 e. The number of nitrogens with zero attached hydrogens (tertiary/aromatic N) is 1. The average Bonchev–Trinajstić information content (AvgIpc) is 2.81. The highest BCUT2D eigenvalue weighted by Crippen LogP contribution is 2.34. The predicted molar refractivity (Wildman–Crippen MR) is 67.3 cm³/mol. The first-order valence-electron chi connectivity index (χ1n) is 6.00. The molecule has 1 aliphatic heterocycles. The van der Waals surface area contributed by atoms with Crippen LogP contribution >= 0.6 is 0 Å². The van der Waals surface area contributed by atoms with Gasteiger partial charge in [-0.2, -0.15) is 0 Å². The van der Waals surface area contributed by atoms with E-state index in [1.54, 1.807) is 17.9 Å². The van der Waals surface area contributed by atoms with Crippen molar-refractivity contribution in [2.45, 2.75) is 37.8 Å². The van der Waals surface area contributed by atoms with Crippen LogP contribution in [0.1, 0.15) is 26.2 Å². The van der Waals surface area contributed by atoms with E-state index >= 15 is 0 Å². The highest BCUT2D eigenvalue weighted by atomic mass is 16.5. The van der Waals surface area contributed by atoms with Gasteiger partial charge in [-0.15, -0.1) is 6.58 Å². The smallest absolute Gasteiger partial charge is 0.332 e. The fourth-order valence-corrected chi connectivity index (χ4v) is 2.44. The third-order valence-electron chi connectivity index (χ3n) is 3.42. The van der Waals surface area contributed by atoms with Crippen LogP contribution in [-0.4, -0.2) is 42.0 Å². The summed E-state index contributed by atoms with van der Waals surface area (Å²) >= 11 is 0. The van der Waals surface area contributed by atoms with Gasteiger partial charge in [0.1, 0.15) is 5.54 Å². The molecule has 6 nitrogen and oxygen atoms in total. The van der Waals surface area contributed by atoms with Gasteiger partial charge in [-0.25, -0.2) is 10.2 Å². The maximum absolute atomic E-state index is 12.2. The summed E-state index contributed by atoms with van der Waals surface area (Å²) in [6, 6.07) is -0.531. The second kappa shape index (κ2) is 5.97. The van der Waals surface area contributed by atoms with E-state index in [0.717, 1.165) is 6.42 Å². The number of rotatable bonds is 5. The number of nitrogens with two attached hydrogens (primary N) is 1. The van der Waals surface area contributed by atoms with Crippen LogP contribution in [0.2, 0.25) is 0 Å². The SMILES string of the molecule is C=CCC1(C(=O)OC)CCCN1C(=O)C(C)NN. The Morgan fingerprint density at radius 2 is 2.33 bits per heavy atom. The van der Waals surface area contributed by atoms with Gasteiger partial charge in [0.25, 0.3) is 0 Å². The second-order valence-corrected chi connectivity index (χ2v) is 4.50. The summed E-state index contributed by atoms with van der Waals surface area (Å²) in [5.74, 6) is 4.69. The highest BCUT2D eigenvalue weighted by molar-refractivity contribution is 5.91. The Kier molecular flexibility index (Phi) is 4.86. The van der Waals surface area contributed by atoms with E-state index in [1.165, 1.54) is 7.11 Å². The van der Waals surface area contributed by atoms with Gasteiger partial charge in [-0.1, -0.05) is 6.08 Å². The maximum atomic E-state index is 12.2. The molecule has 1 rings (SSSR count). The van der Waals surface area contributed by atoms with Crippen molar-refractivity contribution in [2.75, 3.05) is 13.7 Å². The van der Waals surface area contributed by atoms with E-state index in [-0.39, 0.29) is 5.91 Å². The number of hydrogen-bond acceptors (Lipinski definition) is 5. The molecule has 2 unspecified atom stereocenters. The Hall–Kier alpha value is -1.40. The van der Waals surface area contributed by atoms with Gasteiger partial charge in [0.05, 0.1) is 13.2 Å². The molecule has 1 heterocycles. The van der Waals surface area contributed by atoms with Gasteiger partial charge < -0.3 is 9.64 Å². The molecule has 102 valence electrons. The zero-order chi connectivity index (χ0) is 13.8. The van der Waals surface area contributed by atoms with E-state index < -0.39 is 17.6 Å². The van der Waals surface area contributed by atoms with Crippen molar-refractivity contribution in [3.8, 4) is 0 Å². The number of likely N-dealkylation sites (tertiary alicyclic amines) is 1. The first kappa shape index (κ1) is 14.7. The first-order chi connectivity index (χ1) is 8.53. The summed E-state index contributed by atoms with van der Waals surface area (Å²) in [5, 5.41) is 0. The van der Waals surface area contributed by atoms with Crippen molar-refractivity contribution >= 4 is 11.9 Å². The van der Waals surface area contributed by atoms with Crippen LogP contribution in [0, 0.1) is 0 Å². The van der Waals surface area contributed by atoms with E-state index in [0.29, 0.717) is 19.4 Å². The molecule has 0 aliphatic carbocycles. The van der Waals surface area contributed by atoms with Crippen LogP contribution < -0.4 is 11.3 Å². The molecular weight excluding hydrogens is 234 g/mol. The molecule has 0 aromatic carbocycles. The summed E-state index contributed by atoms with van der Waals surface area (Å²) in [5.41, 5.74) is 1.49. The number of methoxy groups -OCH3 is 1. The zero-order valence-electron chi connectivity index (χ0n) is 10.9. The molecule has 0 saturated carbocycles. The van der Waals surface area contributed by atoms with Crippen molar-refractivity contribution < 1.29 is 14.3 Å². The lowest BCUT2D eigenvalue weighted by molar-refractivity contribution is -0.159. The number of nitrogens with one attached hydrogen (secondary N) is 1. The third-order valence-corrected chi connectivity index (χ3v) is 3.42. The number of hydrogen-bond donors (Lipinski definition) is 2. The highest BCUT2D eigenvalue weighted by Gasteiger charge is 2.50. The quantitative estimate of drug-likeness (QED) is 0.311. The fraction of sp³-hybridized carbons (Fsp3) is 0.667. The number of carbonyl (C=O) groups is 2. The van der Waals surface area contributed by atoms with Crippen molar-refractivity contribution in [3.05, 3.63) is 12.7 Å². The molecule has 1 amide bonds. The lowest BCUT2D eigenvalue weighted by atomic mass is 9.91. The van der Waals surface area contributed by atoms with Gasteiger partial charge >= 0.3 is 5.97 Å². The van der Waals surface area contributed by atoms with E-state index in [9.17, 15) is 9.59 Å². The van der Waals surface area contributed by atoms with Gasteiger partial charge in [-0.05, 0) is 26.2 Å². The maximum Gasteiger partial charge on any atom is 0.332 e. The Labute approximate surface area is 107 Å². The topological polar surface area (TPSA) is 84.7 Å². The molecule has 0 radical (unpaired) electrons. The summed E-state index contributed by atoms with van der Waals surface area (Å²) in [6.45, 7) is 5.86. The molecule has 0 spiro atoms. The van der Waals surface area contributed by atoms with Crippen molar-refractivity contribution in [1.82, 2.24) is 10.3 Å². The monoisotopic (exact) mass is 255 g/mol. The van der Waals surface area contributed by atoms with Crippen LogP contribution in [0.5, 0.6) is 0 Å². The number of hydrazine groups is 1. The second-order valence-electron chi connectivity index (χ2n) is 4.50. The number of carbonyl (C=O) groups excluding carboxylic acids is 2. The molecule has 0 bridgehead atoms. The Morgan fingerprint density at radius 1 is 1.67 bits per heavy atom. The van der Waals surface area contributed by atoms with Crippen LogP contribution in [0.15, 0.2) is 12.7 Å². The summed E-state index contributed by atoms with van der Waals surface area (Å²) in [4.78, 5) is 25.8. The summed E-state index contributed by atoms with van der Waals surface area (Å²) in [6.07, 6.45) is 3.40. The molecule has 2 atom stereocenters. The van der Waals surface area contributed by atoms with Crippen LogP contribution in [0.25, 0.3) is 0 Å². The summed E-state index contributed by atoms with van der Waals surface area (Å²) in [7, 11) is 1.33. The average molecular weight is 255 g/mol. The molecule has 1 aliphatic rings. The van der Waals surface area contributed by atoms with Gasteiger partial charge in [0.2, 0.25) is 5.91 Å². The molecule has 6 heteroatoms. The van der Waals surface area contributed by atoms with Crippen LogP contribution in [-0.2, 0) is 14.3 Å². The summed E-state index contributed by atoms with van der Waals surface area (Å²) < 4.78 is 4.85. The van der Waals surface area contributed by atoms with Gasteiger partial charge in [0.15, 0.2) is 0 Å². The van der Waals surface area contributed by atoms with Crippen LogP contribution in [0.4, 0.5) is 0 Å². The minimum atomic E-state index is -0.918. The molecule has 1 fully saturated rings.